The minimum atomic E-state index is 0.410. The van der Waals surface area contributed by atoms with Crippen LogP contribution in [0.15, 0.2) is 29.3 Å². The van der Waals surface area contributed by atoms with Crippen LogP contribution in [0.25, 0.3) is 0 Å². The van der Waals surface area contributed by atoms with E-state index in [1.165, 1.54) is 5.56 Å². The number of benzene rings is 1. The van der Waals surface area contributed by atoms with Gasteiger partial charge in [0, 0.05) is 34.1 Å². The molecule has 1 fully saturated rings. The van der Waals surface area contributed by atoms with Gasteiger partial charge in [-0.05, 0) is 31.0 Å². The third-order valence-corrected chi connectivity index (χ3v) is 3.46. The van der Waals surface area contributed by atoms with Crippen LogP contribution in [0.5, 0.6) is 5.75 Å². The minimum Gasteiger partial charge on any atom is -0.494 e. The Morgan fingerprint density at radius 1 is 1.15 bits per heavy atom. The highest BCUT2D eigenvalue weighted by Gasteiger charge is 2.39. The zero-order valence-electron chi connectivity index (χ0n) is 13.1. The maximum Gasteiger partial charge on any atom is 0.195 e. The van der Waals surface area contributed by atoms with Gasteiger partial charge < -0.3 is 14.5 Å². The summed E-state index contributed by atoms with van der Waals surface area (Å²) in [6.07, 6.45) is 1.14. The molecule has 20 heavy (non-hydrogen) atoms. The summed E-state index contributed by atoms with van der Waals surface area (Å²) in [4.78, 5) is 8.97. The van der Waals surface area contributed by atoms with Crippen LogP contribution in [0, 0.1) is 0 Å². The fourth-order valence-corrected chi connectivity index (χ4v) is 2.44. The molecule has 0 N–H and O–H groups in total. The monoisotopic (exact) mass is 275 g/mol. The van der Waals surface area contributed by atoms with Crippen LogP contribution in [0.1, 0.15) is 24.8 Å². The van der Waals surface area contributed by atoms with Crippen molar-refractivity contribution in [1.29, 1.82) is 0 Å². The summed E-state index contributed by atoms with van der Waals surface area (Å²) in [6, 6.07) is 8.84. The molecule has 2 rings (SSSR count). The second-order valence-corrected chi connectivity index (χ2v) is 5.63. The van der Waals surface area contributed by atoms with Crippen molar-refractivity contribution < 1.29 is 4.74 Å². The molecule has 1 aromatic rings. The highest BCUT2D eigenvalue weighted by atomic mass is 16.5. The van der Waals surface area contributed by atoms with Gasteiger partial charge in [-0.1, -0.05) is 12.1 Å². The molecule has 0 unspecified atom stereocenters. The highest BCUT2D eigenvalue weighted by molar-refractivity contribution is 5.79. The molecule has 0 radical (unpaired) electrons. The molecule has 2 atom stereocenters. The Bertz CT molecular complexity index is 455. The maximum absolute atomic E-state index is 5.47. The molecule has 0 heterocycles. The minimum absolute atomic E-state index is 0.410. The zero-order valence-corrected chi connectivity index (χ0v) is 13.1. The first kappa shape index (κ1) is 14.7. The molecule has 0 amide bonds. The second-order valence-electron chi connectivity index (χ2n) is 5.63. The van der Waals surface area contributed by atoms with Crippen LogP contribution in [-0.2, 0) is 0 Å². The molecule has 4 nitrogen and oxygen atoms in total. The van der Waals surface area contributed by atoms with Gasteiger partial charge in [0.05, 0.1) is 12.6 Å². The van der Waals surface area contributed by atoms with Crippen molar-refractivity contribution in [2.75, 3.05) is 34.8 Å². The van der Waals surface area contributed by atoms with Crippen LogP contribution in [0.4, 0.5) is 0 Å². The topological polar surface area (TPSA) is 28.1 Å². The van der Waals surface area contributed by atoms with Crippen LogP contribution >= 0.6 is 0 Å². The fraction of sp³-hybridized carbons (Fsp3) is 0.562. The van der Waals surface area contributed by atoms with Crippen molar-refractivity contribution in [3.05, 3.63) is 29.8 Å². The number of guanidine groups is 1. The van der Waals surface area contributed by atoms with Gasteiger partial charge in [-0.3, -0.25) is 0 Å². The average molecular weight is 275 g/mol. The lowest BCUT2D eigenvalue weighted by Crippen LogP contribution is -2.35. The van der Waals surface area contributed by atoms with Gasteiger partial charge >= 0.3 is 0 Å². The molecule has 4 heteroatoms. The van der Waals surface area contributed by atoms with Gasteiger partial charge in [0.1, 0.15) is 5.75 Å². The Morgan fingerprint density at radius 2 is 1.75 bits per heavy atom. The predicted octanol–water partition coefficient (Wildman–Crippen LogP) is 2.42. The van der Waals surface area contributed by atoms with Crippen molar-refractivity contribution in [1.82, 2.24) is 9.80 Å². The molecular formula is C16H25N3O. The van der Waals surface area contributed by atoms with Gasteiger partial charge in [-0.25, -0.2) is 4.99 Å². The number of ether oxygens (including phenoxy) is 1. The Morgan fingerprint density at radius 3 is 2.25 bits per heavy atom. The average Bonchev–Trinajstić information content (AvgIpc) is 3.16. The van der Waals surface area contributed by atoms with Gasteiger partial charge in [0.15, 0.2) is 5.96 Å². The number of aliphatic imine (C=N–C) groups is 1. The van der Waals surface area contributed by atoms with E-state index in [4.69, 9.17) is 9.73 Å². The Kier molecular flexibility index (Phi) is 4.53. The first-order valence-electron chi connectivity index (χ1n) is 7.18. The quantitative estimate of drug-likeness (QED) is 0.624. The lowest BCUT2D eigenvalue weighted by molar-refractivity contribution is 0.340. The van der Waals surface area contributed by atoms with E-state index in [9.17, 15) is 0 Å². The highest BCUT2D eigenvalue weighted by Crippen LogP contribution is 2.44. The van der Waals surface area contributed by atoms with Gasteiger partial charge in [0.2, 0.25) is 0 Å². The number of rotatable bonds is 4. The summed E-state index contributed by atoms with van der Waals surface area (Å²) in [5.74, 6) is 2.53. The summed E-state index contributed by atoms with van der Waals surface area (Å²) in [6.45, 7) is 2.72. The normalized spacial score (nSPS) is 20.2. The van der Waals surface area contributed by atoms with E-state index in [2.05, 4.69) is 34.1 Å². The molecule has 1 aliphatic rings. The lowest BCUT2D eigenvalue weighted by atomic mass is 10.1. The van der Waals surface area contributed by atoms with E-state index in [1.807, 2.05) is 35.1 Å². The van der Waals surface area contributed by atoms with Crippen LogP contribution in [0.2, 0.25) is 0 Å². The Balaban J connectivity index is 2.02. The van der Waals surface area contributed by atoms with Crippen LogP contribution in [-0.4, -0.2) is 56.6 Å². The van der Waals surface area contributed by atoms with E-state index in [-0.39, 0.29) is 0 Å². The number of hydrogen-bond acceptors (Lipinski definition) is 2. The van der Waals surface area contributed by atoms with Crippen LogP contribution < -0.4 is 4.74 Å². The number of nitrogens with zero attached hydrogens (tertiary/aromatic N) is 3. The van der Waals surface area contributed by atoms with E-state index in [0.717, 1.165) is 18.1 Å². The SMILES string of the molecule is CCOc1ccc([C@@H]2C[C@H]2N=C(N(C)C)N(C)C)cc1. The molecule has 0 spiro atoms. The molecule has 0 saturated heterocycles. The molecule has 1 aromatic carbocycles. The largest absolute Gasteiger partial charge is 0.494 e. The third kappa shape index (κ3) is 3.44. The van der Waals surface area contributed by atoms with E-state index in [0.29, 0.717) is 18.6 Å². The third-order valence-electron chi connectivity index (χ3n) is 3.46. The van der Waals surface area contributed by atoms with Gasteiger partial charge in [-0.2, -0.15) is 0 Å². The molecule has 0 aromatic heterocycles. The van der Waals surface area contributed by atoms with Crippen molar-refractivity contribution in [3.8, 4) is 5.75 Å². The standard InChI is InChI=1S/C16H25N3O/c1-6-20-13-9-7-12(8-10-13)14-11-15(14)17-16(18(2)3)19(4)5/h7-10,14-15H,6,11H2,1-5H3/t14-,15+/m0/s1. The van der Waals surface area contributed by atoms with Gasteiger partial charge in [0.25, 0.3) is 0 Å². The van der Waals surface area contributed by atoms with Crippen molar-refractivity contribution in [3.63, 3.8) is 0 Å². The Labute approximate surface area is 122 Å². The molecule has 110 valence electrons. The predicted molar refractivity (Wildman–Crippen MR) is 83.6 cm³/mol. The molecule has 1 aliphatic carbocycles. The summed E-state index contributed by atoms with van der Waals surface area (Å²) >= 11 is 0. The van der Waals surface area contributed by atoms with E-state index >= 15 is 0 Å². The molecular weight excluding hydrogens is 250 g/mol. The summed E-state index contributed by atoms with van der Waals surface area (Å²) < 4.78 is 5.47. The first-order valence-corrected chi connectivity index (χ1v) is 7.18. The summed E-state index contributed by atoms with van der Waals surface area (Å²) in [5.41, 5.74) is 1.36. The second kappa shape index (κ2) is 6.16. The van der Waals surface area contributed by atoms with Crippen LogP contribution in [0.3, 0.4) is 0 Å². The molecule has 1 saturated carbocycles. The van der Waals surface area contributed by atoms with Crippen molar-refractivity contribution in [2.24, 2.45) is 4.99 Å². The van der Waals surface area contributed by atoms with Crippen molar-refractivity contribution in [2.45, 2.75) is 25.3 Å². The van der Waals surface area contributed by atoms with E-state index in [1.54, 1.807) is 0 Å². The lowest BCUT2D eigenvalue weighted by Gasteiger charge is -2.22. The molecule has 0 bridgehead atoms. The fourth-order valence-electron chi connectivity index (χ4n) is 2.44. The van der Waals surface area contributed by atoms with Gasteiger partial charge in [-0.15, -0.1) is 0 Å². The first-order chi connectivity index (χ1) is 9.52. The maximum atomic E-state index is 5.47. The summed E-state index contributed by atoms with van der Waals surface area (Å²) in [7, 11) is 8.14. The Hall–Kier alpha value is -1.71. The zero-order chi connectivity index (χ0) is 14.7. The summed E-state index contributed by atoms with van der Waals surface area (Å²) in [5, 5.41) is 0. The van der Waals surface area contributed by atoms with E-state index < -0.39 is 0 Å². The smallest absolute Gasteiger partial charge is 0.195 e. The number of hydrogen-bond donors (Lipinski definition) is 0. The van der Waals surface area contributed by atoms with Crippen molar-refractivity contribution >= 4 is 5.96 Å². The molecule has 0 aliphatic heterocycles.